The fourth-order valence-corrected chi connectivity index (χ4v) is 2.29. The second-order valence-corrected chi connectivity index (χ2v) is 5.21. The predicted octanol–water partition coefficient (Wildman–Crippen LogP) is 2.40. The first kappa shape index (κ1) is 15.8. The number of nitrogen functional groups attached to an aromatic ring is 1. The molecule has 2 heterocycles. The van der Waals surface area contributed by atoms with E-state index in [1.807, 2.05) is 35.0 Å². The maximum absolute atomic E-state index is 5.82. The zero-order chi connectivity index (χ0) is 16.8. The molecular formula is C17H19N5O2. The topological polar surface area (TPSA) is 88.1 Å². The maximum atomic E-state index is 5.82. The summed E-state index contributed by atoms with van der Waals surface area (Å²) >= 11 is 0. The summed E-state index contributed by atoms with van der Waals surface area (Å²) in [6.45, 7) is 1.46. The molecule has 7 nitrogen and oxygen atoms in total. The minimum absolute atomic E-state index is 0.392. The highest BCUT2D eigenvalue weighted by Crippen LogP contribution is 2.31. The molecule has 1 aromatic carbocycles. The smallest absolute Gasteiger partial charge is 0.161 e. The molecule has 0 saturated carbocycles. The third-order valence-electron chi connectivity index (χ3n) is 3.52. The summed E-state index contributed by atoms with van der Waals surface area (Å²) in [6, 6.07) is 9.22. The number of ether oxygens (including phenoxy) is 2. The van der Waals surface area contributed by atoms with Crippen LogP contribution in [0.1, 0.15) is 6.42 Å². The Balaban J connectivity index is 1.64. The van der Waals surface area contributed by atoms with Crippen molar-refractivity contribution < 1.29 is 9.47 Å². The minimum Gasteiger partial charge on any atom is -0.493 e. The van der Waals surface area contributed by atoms with Gasteiger partial charge in [-0.1, -0.05) is 0 Å². The quantitative estimate of drug-likeness (QED) is 0.671. The number of anilines is 1. The number of nitrogens with two attached hydrogens (primary N) is 1. The van der Waals surface area contributed by atoms with Gasteiger partial charge >= 0.3 is 0 Å². The van der Waals surface area contributed by atoms with Gasteiger partial charge in [-0.05, 0) is 36.8 Å². The number of aryl methyl sites for hydroxylation is 1. The average molecular weight is 325 g/mol. The SMILES string of the molecule is COc1cc(-c2ccc(N)nn2)ccc1OCCCn1ccnc1. The number of hydrogen-bond donors (Lipinski definition) is 1. The van der Waals surface area contributed by atoms with Crippen LogP contribution in [-0.4, -0.2) is 33.5 Å². The summed E-state index contributed by atoms with van der Waals surface area (Å²) in [4.78, 5) is 4.01. The number of hydrogen-bond acceptors (Lipinski definition) is 6. The second-order valence-electron chi connectivity index (χ2n) is 5.21. The van der Waals surface area contributed by atoms with Gasteiger partial charge in [-0.3, -0.25) is 0 Å². The second kappa shape index (κ2) is 7.45. The number of nitrogens with zero attached hydrogens (tertiary/aromatic N) is 4. The fraction of sp³-hybridized carbons (Fsp3) is 0.235. The van der Waals surface area contributed by atoms with E-state index in [4.69, 9.17) is 15.2 Å². The Morgan fingerprint density at radius 1 is 1.12 bits per heavy atom. The van der Waals surface area contributed by atoms with Gasteiger partial charge in [0.25, 0.3) is 0 Å². The van der Waals surface area contributed by atoms with Gasteiger partial charge in [-0.2, -0.15) is 0 Å². The zero-order valence-corrected chi connectivity index (χ0v) is 13.4. The maximum Gasteiger partial charge on any atom is 0.161 e. The lowest BCUT2D eigenvalue weighted by Crippen LogP contribution is -2.04. The largest absolute Gasteiger partial charge is 0.493 e. The molecule has 3 aromatic rings. The van der Waals surface area contributed by atoms with Crippen molar-refractivity contribution >= 4 is 5.82 Å². The highest BCUT2D eigenvalue weighted by molar-refractivity contribution is 5.64. The van der Waals surface area contributed by atoms with Gasteiger partial charge in [0.05, 0.1) is 25.7 Å². The van der Waals surface area contributed by atoms with Gasteiger partial charge in [-0.15, -0.1) is 10.2 Å². The summed E-state index contributed by atoms with van der Waals surface area (Å²) in [5.41, 5.74) is 7.19. The Bertz CT molecular complexity index is 772. The van der Waals surface area contributed by atoms with Crippen LogP contribution >= 0.6 is 0 Å². The third kappa shape index (κ3) is 3.81. The molecule has 0 fully saturated rings. The lowest BCUT2D eigenvalue weighted by Gasteiger charge is -2.12. The normalized spacial score (nSPS) is 10.5. The van der Waals surface area contributed by atoms with Crippen LogP contribution in [0.3, 0.4) is 0 Å². The molecule has 7 heteroatoms. The Morgan fingerprint density at radius 2 is 2.04 bits per heavy atom. The highest BCUT2D eigenvalue weighted by Gasteiger charge is 2.08. The van der Waals surface area contributed by atoms with E-state index in [0.717, 1.165) is 24.2 Å². The molecule has 0 bridgehead atoms. The first-order chi connectivity index (χ1) is 11.8. The predicted molar refractivity (Wildman–Crippen MR) is 90.8 cm³/mol. The molecule has 3 rings (SSSR count). The van der Waals surface area contributed by atoms with Gasteiger partial charge in [0.1, 0.15) is 5.82 Å². The summed E-state index contributed by atoms with van der Waals surface area (Å²) in [6.07, 6.45) is 6.37. The van der Waals surface area contributed by atoms with Crippen molar-refractivity contribution in [2.24, 2.45) is 0 Å². The lowest BCUT2D eigenvalue weighted by atomic mass is 10.1. The van der Waals surface area contributed by atoms with E-state index in [1.165, 1.54) is 0 Å². The first-order valence-electron chi connectivity index (χ1n) is 7.62. The monoisotopic (exact) mass is 325 g/mol. The van der Waals surface area contributed by atoms with E-state index in [9.17, 15) is 0 Å². The van der Waals surface area contributed by atoms with E-state index in [1.54, 1.807) is 25.7 Å². The molecule has 24 heavy (non-hydrogen) atoms. The van der Waals surface area contributed by atoms with Crippen LogP contribution in [0.25, 0.3) is 11.3 Å². The van der Waals surface area contributed by atoms with E-state index < -0.39 is 0 Å². The van der Waals surface area contributed by atoms with Crippen molar-refractivity contribution in [1.29, 1.82) is 0 Å². The van der Waals surface area contributed by atoms with Gasteiger partial charge in [0, 0.05) is 24.5 Å². The van der Waals surface area contributed by atoms with Crippen molar-refractivity contribution in [2.45, 2.75) is 13.0 Å². The van der Waals surface area contributed by atoms with Crippen LogP contribution in [0.2, 0.25) is 0 Å². The van der Waals surface area contributed by atoms with Crippen molar-refractivity contribution in [2.75, 3.05) is 19.5 Å². The van der Waals surface area contributed by atoms with Gasteiger partial charge in [0.2, 0.25) is 0 Å². The number of methoxy groups -OCH3 is 1. The van der Waals surface area contributed by atoms with Gasteiger partial charge in [-0.25, -0.2) is 4.98 Å². The molecule has 0 radical (unpaired) electrons. The number of benzene rings is 1. The molecule has 0 unspecified atom stereocenters. The number of imidazole rings is 1. The summed E-state index contributed by atoms with van der Waals surface area (Å²) in [5.74, 6) is 1.76. The third-order valence-corrected chi connectivity index (χ3v) is 3.52. The molecule has 0 amide bonds. The van der Waals surface area contributed by atoms with E-state index >= 15 is 0 Å². The van der Waals surface area contributed by atoms with Crippen LogP contribution in [0, 0.1) is 0 Å². The summed E-state index contributed by atoms with van der Waals surface area (Å²) in [7, 11) is 1.62. The standard InChI is InChI=1S/C17H19N5O2/c1-23-16-11-13(14-4-6-17(18)21-20-14)3-5-15(16)24-10-2-8-22-9-7-19-12-22/h3-7,9,11-12H,2,8,10H2,1H3,(H2,18,21). The van der Waals surface area contributed by atoms with Gasteiger partial charge in [0.15, 0.2) is 11.5 Å². The van der Waals surface area contributed by atoms with E-state index in [2.05, 4.69) is 15.2 Å². The van der Waals surface area contributed by atoms with E-state index in [-0.39, 0.29) is 0 Å². The van der Waals surface area contributed by atoms with Gasteiger partial charge < -0.3 is 19.8 Å². The Labute approximate surface area is 140 Å². The van der Waals surface area contributed by atoms with Crippen molar-refractivity contribution in [3.8, 4) is 22.8 Å². The lowest BCUT2D eigenvalue weighted by molar-refractivity contribution is 0.282. The number of aromatic nitrogens is 4. The molecule has 0 saturated heterocycles. The van der Waals surface area contributed by atoms with Crippen molar-refractivity contribution in [3.05, 3.63) is 49.1 Å². The Morgan fingerprint density at radius 3 is 2.75 bits per heavy atom. The molecule has 124 valence electrons. The molecule has 0 aliphatic heterocycles. The Hall–Kier alpha value is -3.09. The first-order valence-corrected chi connectivity index (χ1v) is 7.62. The van der Waals surface area contributed by atoms with Crippen LogP contribution in [0.5, 0.6) is 11.5 Å². The van der Waals surface area contributed by atoms with Crippen molar-refractivity contribution in [1.82, 2.24) is 19.7 Å². The number of rotatable bonds is 7. The fourth-order valence-electron chi connectivity index (χ4n) is 2.29. The van der Waals surface area contributed by atoms with Crippen LogP contribution < -0.4 is 15.2 Å². The highest BCUT2D eigenvalue weighted by atomic mass is 16.5. The van der Waals surface area contributed by atoms with Crippen molar-refractivity contribution in [3.63, 3.8) is 0 Å². The average Bonchev–Trinajstić information content (AvgIpc) is 3.13. The summed E-state index contributed by atoms with van der Waals surface area (Å²) in [5, 5.41) is 7.94. The molecule has 0 atom stereocenters. The Kier molecular flexibility index (Phi) is 4.90. The molecule has 0 aliphatic carbocycles. The zero-order valence-electron chi connectivity index (χ0n) is 13.4. The van der Waals surface area contributed by atoms with Crippen LogP contribution in [0.15, 0.2) is 49.1 Å². The van der Waals surface area contributed by atoms with E-state index in [0.29, 0.717) is 23.9 Å². The molecule has 2 aromatic heterocycles. The minimum atomic E-state index is 0.392. The van der Waals surface area contributed by atoms with Crippen LogP contribution in [-0.2, 0) is 6.54 Å². The molecule has 0 aliphatic rings. The molecular weight excluding hydrogens is 306 g/mol. The summed E-state index contributed by atoms with van der Waals surface area (Å²) < 4.78 is 13.3. The molecule has 2 N–H and O–H groups in total. The van der Waals surface area contributed by atoms with Crippen LogP contribution in [0.4, 0.5) is 5.82 Å². The molecule has 0 spiro atoms.